The van der Waals surface area contributed by atoms with Gasteiger partial charge < -0.3 is 9.84 Å². The monoisotopic (exact) mass is 284 g/mol. The molecule has 0 bridgehead atoms. The van der Waals surface area contributed by atoms with Crippen molar-refractivity contribution < 1.29 is 14.2 Å². The van der Waals surface area contributed by atoms with Gasteiger partial charge in [0.25, 0.3) is 0 Å². The van der Waals surface area contributed by atoms with Gasteiger partial charge in [-0.2, -0.15) is 0 Å². The van der Waals surface area contributed by atoms with Crippen molar-refractivity contribution in [2.75, 3.05) is 6.61 Å². The summed E-state index contributed by atoms with van der Waals surface area (Å²) in [4.78, 5) is 0. The van der Waals surface area contributed by atoms with Crippen LogP contribution >= 0.6 is 0 Å². The Morgan fingerprint density at radius 3 is 2.57 bits per heavy atom. The largest absolute Gasteiger partial charge is 0.489 e. The second-order valence-electron chi connectivity index (χ2n) is 4.67. The zero-order valence-corrected chi connectivity index (χ0v) is 11.9. The van der Waals surface area contributed by atoms with Crippen molar-refractivity contribution in [2.24, 2.45) is 0 Å². The van der Waals surface area contributed by atoms with Crippen LogP contribution < -0.4 is 4.74 Å². The summed E-state index contributed by atoms with van der Waals surface area (Å²) in [6, 6.07) is 12.5. The first kappa shape index (κ1) is 15.1. The molecule has 0 aliphatic heterocycles. The van der Waals surface area contributed by atoms with Crippen LogP contribution in [-0.2, 0) is 6.61 Å². The van der Waals surface area contributed by atoms with Crippen LogP contribution in [0.3, 0.4) is 0 Å². The first-order valence-electron chi connectivity index (χ1n) is 6.76. The lowest BCUT2D eigenvalue weighted by Crippen LogP contribution is -1.96. The van der Waals surface area contributed by atoms with Crippen LogP contribution in [0.4, 0.5) is 4.39 Å². The molecule has 2 aromatic rings. The van der Waals surface area contributed by atoms with E-state index in [1.165, 1.54) is 6.07 Å². The molecule has 0 fully saturated rings. The minimum absolute atomic E-state index is 0.0754. The topological polar surface area (TPSA) is 29.5 Å². The van der Waals surface area contributed by atoms with Gasteiger partial charge in [-0.3, -0.25) is 0 Å². The van der Waals surface area contributed by atoms with Crippen molar-refractivity contribution in [3.8, 4) is 17.6 Å². The van der Waals surface area contributed by atoms with Crippen molar-refractivity contribution in [3.05, 3.63) is 65.0 Å². The van der Waals surface area contributed by atoms with Crippen LogP contribution in [0, 0.1) is 24.6 Å². The highest BCUT2D eigenvalue weighted by molar-refractivity contribution is 5.36. The molecule has 2 aromatic carbocycles. The summed E-state index contributed by atoms with van der Waals surface area (Å²) in [5.41, 5.74) is 2.49. The van der Waals surface area contributed by atoms with Crippen molar-refractivity contribution in [1.29, 1.82) is 0 Å². The number of ether oxygens (including phenoxy) is 1. The van der Waals surface area contributed by atoms with E-state index in [-0.39, 0.29) is 12.4 Å². The van der Waals surface area contributed by atoms with Crippen molar-refractivity contribution >= 4 is 0 Å². The molecule has 0 aliphatic carbocycles. The van der Waals surface area contributed by atoms with Gasteiger partial charge in [-0.25, -0.2) is 4.39 Å². The zero-order chi connectivity index (χ0) is 15.1. The van der Waals surface area contributed by atoms with Gasteiger partial charge in [-0.1, -0.05) is 30.0 Å². The average molecular weight is 284 g/mol. The molecular weight excluding hydrogens is 267 g/mol. The van der Waals surface area contributed by atoms with E-state index in [2.05, 4.69) is 11.8 Å². The molecule has 3 heteroatoms. The molecule has 2 nitrogen and oxygen atoms in total. The molecule has 0 spiro atoms. The lowest BCUT2D eigenvalue weighted by atomic mass is 10.1. The van der Waals surface area contributed by atoms with Gasteiger partial charge in [-0.05, 0) is 36.2 Å². The smallest absolute Gasteiger partial charge is 0.129 e. The Balaban J connectivity index is 1.94. The van der Waals surface area contributed by atoms with Gasteiger partial charge in [-0.15, -0.1) is 0 Å². The quantitative estimate of drug-likeness (QED) is 0.871. The van der Waals surface area contributed by atoms with Crippen molar-refractivity contribution in [1.82, 2.24) is 0 Å². The molecule has 1 N–H and O–H groups in total. The van der Waals surface area contributed by atoms with Gasteiger partial charge in [0.2, 0.25) is 0 Å². The third kappa shape index (κ3) is 4.62. The number of hydrogen-bond acceptors (Lipinski definition) is 2. The summed E-state index contributed by atoms with van der Waals surface area (Å²) in [5.74, 6) is 6.08. The third-order valence-electron chi connectivity index (χ3n) is 2.97. The van der Waals surface area contributed by atoms with E-state index >= 15 is 0 Å². The Bertz CT molecular complexity index is 651. The average Bonchev–Trinajstić information content (AvgIpc) is 2.50. The SMILES string of the molecule is Cc1ccc(OCc2ccc(C#CCCO)cc2)cc1F. The lowest BCUT2D eigenvalue weighted by Gasteiger charge is -2.07. The van der Waals surface area contributed by atoms with Gasteiger partial charge in [0, 0.05) is 18.1 Å². The van der Waals surface area contributed by atoms with Crippen LogP contribution in [-0.4, -0.2) is 11.7 Å². The molecule has 0 unspecified atom stereocenters. The maximum atomic E-state index is 13.4. The molecule has 0 atom stereocenters. The van der Waals surface area contributed by atoms with E-state index in [1.807, 2.05) is 24.3 Å². The molecule has 0 amide bonds. The fraction of sp³-hybridized carbons (Fsp3) is 0.222. The van der Waals surface area contributed by atoms with Crippen LogP contribution in [0.25, 0.3) is 0 Å². The zero-order valence-electron chi connectivity index (χ0n) is 11.9. The van der Waals surface area contributed by atoms with Gasteiger partial charge in [0.15, 0.2) is 0 Å². The fourth-order valence-electron chi connectivity index (χ4n) is 1.73. The predicted molar refractivity (Wildman–Crippen MR) is 80.5 cm³/mol. The Hall–Kier alpha value is -2.31. The maximum absolute atomic E-state index is 13.4. The third-order valence-corrected chi connectivity index (χ3v) is 2.97. The first-order chi connectivity index (χ1) is 10.2. The van der Waals surface area contributed by atoms with Crippen LogP contribution in [0.15, 0.2) is 42.5 Å². The summed E-state index contributed by atoms with van der Waals surface area (Å²) in [5, 5.41) is 8.66. The number of halogens is 1. The molecular formula is C18H17FO2. The van der Waals surface area contributed by atoms with Gasteiger partial charge in [0.05, 0.1) is 6.61 Å². The summed E-state index contributed by atoms with van der Waals surface area (Å²) in [6.45, 7) is 2.18. The Morgan fingerprint density at radius 1 is 1.14 bits per heavy atom. The number of aliphatic hydroxyl groups excluding tert-OH is 1. The molecule has 21 heavy (non-hydrogen) atoms. The number of hydrogen-bond donors (Lipinski definition) is 1. The number of aliphatic hydroxyl groups is 1. The van der Waals surface area contributed by atoms with E-state index in [4.69, 9.17) is 9.84 Å². The summed E-state index contributed by atoms with van der Waals surface area (Å²) < 4.78 is 18.9. The molecule has 0 aliphatic rings. The highest BCUT2D eigenvalue weighted by atomic mass is 19.1. The molecule has 2 rings (SSSR count). The number of aryl methyl sites for hydroxylation is 1. The second-order valence-corrected chi connectivity index (χ2v) is 4.67. The van der Waals surface area contributed by atoms with Crippen molar-refractivity contribution in [3.63, 3.8) is 0 Å². The standard InChI is InChI=1S/C18H17FO2/c1-14-5-10-17(12-18(14)19)21-13-16-8-6-15(7-9-16)4-2-3-11-20/h5-10,12,20H,3,11,13H2,1H3. The maximum Gasteiger partial charge on any atom is 0.129 e. The molecule has 0 saturated carbocycles. The molecule has 108 valence electrons. The highest BCUT2D eigenvalue weighted by Gasteiger charge is 2.01. The predicted octanol–water partition coefficient (Wildman–Crippen LogP) is 3.45. The highest BCUT2D eigenvalue weighted by Crippen LogP contribution is 2.17. The van der Waals surface area contributed by atoms with E-state index in [9.17, 15) is 4.39 Å². The van der Waals surface area contributed by atoms with Crippen molar-refractivity contribution in [2.45, 2.75) is 20.0 Å². The Morgan fingerprint density at radius 2 is 1.90 bits per heavy atom. The Kier molecular flexibility index (Phi) is 5.36. The second kappa shape index (κ2) is 7.47. The number of rotatable bonds is 4. The van der Waals surface area contributed by atoms with E-state index in [1.54, 1.807) is 19.1 Å². The molecule has 0 aromatic heterocycles. The number of benzene rings is 2. The van der Waals surface area contributed by atoms with Crippen LogP contribution in [0.2, 0.25) is 0 Å². The van der Waals surface area contributed by atoms with E-state index < -0.39 is 0 Å². The van der Waals surface area contributed by atoms with Gasteiger partial charge in [0.1, 0.15) is 18.2 Å². The van der Waals surface area contributed by atoms with Crippen LogP contribution in [0.5, 0.6) is 5.75 Å². The van der Waals surface area contributed by atoms with E-state index in [0.29, 0.717) is 24.3 Å². The Labute approximate surface area is 124 Å². The molecule has 0 heterocycles. The molecule has 0 saturated heterocycles. The summed E-state index contributed by atoms with van der Waals surface area (Å²) >= 11 is 0. The van der Waals surface area contributed by atoms with Crippen LogP contribution in [0.1, 0.15) is 23.1 Å². The minimum atomic E-state index is -0.262. The molecule has 0 radical (unpaired) electrons. The lowest BCUT2D eigenvalue weighted by molar-refractivity contribution is 0.304. The summed E-state index contributed by atoms with van der Waals surface area (Å²) in [7, 11) is 0. The van der Waals surface area contributed by atoms with E-state index in [0.717, 1.165) is 11.1 Å². The first-order valence-corrected chi connectivity index (χ1v) is 6.76. The van der Waals surface area contributed by atoms with Gasteiger partial charge >= 0.3 is 0 Å². The summed E-state index contributed by atoms with van der Waals surface area (Å²) in [6.07, 6.45) is 0.476. The minimum Gasteiger partial charge on any atom is -0.489 e. The fourth-order valence-corrected chi connectivity index (χ4v) is 1.73. The normalized spacial score (nSPS) is 9.86.